The van der Waals surface area contributed by atoms with Crippen LogP contribution >= 0.6 is 0 Å². The van der Waals surface area contributed by atoms with E-state index in [2.05, 4.69) is 35.8 Å². The lowest BCUT2D eigenvalue weighted by Gasteiger charge is -2.19. The standard InChI is InChI=1S/C25H28FN5O2S.C3H8/c1-7-20(21-15-27-31(22(21)8-2)19-11-9-18(26)10-12-19)25(32)28-16(3)17-13-23(30(4)5)29-24(14-17)34(6)33;1-3-2/h7-16H,2H2,1,3-6H3,(H,28,32);3H2,1-2H3/b20-7+;. The maximum atomic E-state index is 13.3. The Morgan fingerprint density at radius 3 is 2.38 bits per heavy atom. The summed E-state index contributed by atoms with van der Waals surface area (Å²) in [5, 5.41) is 7.85. The SMILES string of the molecule is C=Cc1c(/C(=C\C)C(=O)NC(C)c2cc(N(C)C)nc(S(C)=O)c2)cnn1-c1ccc(F)cc1.CCC. The number of carbonyl (C=O) groups excluding carboxylic acids is 1. The van der Waals surface area contributed by atoms with Crippen molar-refractivity contribution in [1.29, 1.82) is 0 Å². The van der Waals surface area contributed by atoms with Gasteiger partial charge in [-0.15, -0.1) is 0 Å². The van der Waals surface area contributed by atoms with Gasteiger partial charge in [-0.2, -0.15) is 5.10 Å². The highest BCUT2D eigenvalue weighted by Crippen LogP contribution is 2.26. The van der Waals surface area contributed by atoms with Gasteiger partial charge in [0.25, 0.3) is 5.91 Å². The second-order valence-electron chi connectivity index (χ2n) is 8.59. The summed E-state index contributed by atoms with van der Waals surface area (Å²) >= 11 is 0. The Morgan fingerprint density at radius 1 is 1.24 bits per heavy atom. The van der Waals surface area contributed by atoms with Gasteiger partial charge in [-0.1, -0.05) is 32.9 Å². The molecule has 3 aromatic rings. The zero-order valence-corrected chi connectivity index (χ0v) is 23.4. The molecule has 37 heavy (non-hydrogen) atoms. The van der Waals surface area contributed by atoms with Crippen LogP contribution in [0, 0.1) is 5.82 Å². The topological polar surface area (TPSA) is 80.1 Å². The van der Waals surface area contributed by atoms with E-state index in [4.69, 9.17) is 0 Å². The van der Waals surface area contributed by atoms with Crippen LogP contribution in [0.25, 0.3) is 17.3 Å². The lowest BCUT2D eigenvalue weighted by molar-refractivity contribution is -0.116. The summed E-state index contributed by atoms with van der Waals surface area (Å²) in [7, 11) is 2.44. The number of rotatable bonds is 8. The van der Waals surface area contributed by atoms with Gasteiger partial charge in [-0.05, 0) is 61.9 Å². The van der Waals surface area contributed by atoms with Gasteiger partial charge >= 0.3 is 0 Å². The molecule has 2 aromatic heterocycles. The number of hydrogen-bond acceptors (Lipinski definition) is 5. The molecule has 0 saturated carbocycles. The number of halogens is 1. The lowest BCUT2D eigenvalue weighted by atomic mass is 10.0. The van der Waals surface area contributed by atoms with E-state index in [1.807, 2.05) is 32.0 Å². The van der Waals surface area contributed by atoms with Crippen molar-refractivity contribution in [2.24, 2.45) is 0 Å². The number of allylic oxidation sites excluding steroid dienone is 1. The number of amides is 1. The number of anilines is 1. The Bertz CT molecular complexity index is 1280. The van der Waals surface area contributed by atoms with Crippen LogP contribution in [-0.4, -0.2) is 45.2 Å². The molecule has 1 N–H and O–H groups in total. The molecule has 2 atom stereocenters. The van der Waals surface area contributed by atoms with Crippen molar-refractivity contribution in [1.82, 2.24) is 20.1 Å². The first-order valence-corrected chi connectivity index (χ1v) is 13.6. The molecule has 1 amide bonds. The molecule has 1 aromatic carbocycles. The molecule has 0 saturated heterocycles. The maximum Gasteiger partial charge on any atom is 0.252 e. The Kier molecular flexibility index (Phi) is 10.9. The molecule has 2 unspecified atom stereocenters. The minimum absolute atomic E-state index is 0.292. The van der Waals surface area contributed by atoms with Crippen LogP contribution in [0.3, 0.4) is 0 Å². The monoisotopic (exact) mass is 525 g/mol. The average molecular weight is 526 g/mol. The van der Waals surface area contributed by atoms with E-state index < -0.39 is 10.8 Å². The van der Waals surface area contributed by atoms with Crippen molar-refractivity contribution in [3.8, 4) is 5.69 Å². The molecule has 0 bridgehead atoms. The molecule has 9 heteroatoms. The predicted octanol–water partition coefficient (Wildman–Crippen LogP) is 5.55. The number of benzene rings is 1. The number of hydrogen-bond donors (Lipinski definition) is 1. The fourth-order valence-corrected chi connectivity index (χ4v) is 3.98. The second-order valence-corrected chi connectivity index (χ2v) is 9.91. The Hall–Kier alpha value is -3.59. The lowest BCUT2D eigenvalue weighted by Crippen LogP contribution is -2.28. The van der Waals surface area contributed by atoms with Crippen molar-refractivity contribution in [3.63, 3.8) is 0 Å². The molecule has 0 fully saturated rings. The molecule has 0 aliphatic carbocycles. The average Bonchev–Trinajstić information content (AvgIpc) is 3.28. The van der Waals surface area contributed by atoms with Gasteiger partial charge in [-0.3, -0.25) is 9.00 Å². The van der Waals surface area contributed by atoms with Crippen molar-refractivity contribution in [2.75, 3.05) is 25.3 Å². The number of pyridine rings is 1. The van der Waals surface area contributed by atoms with Crippen LogP contribution in [0.2, 0.25) is 0 Å². The third-order valence-corrected chi connectivity index (χ3v) is 6.10. The minimum atomic E-state index is -1.26. The first-order valence-electron chi connectivity index (χ1n) is 12.0. The van der Waals surface area contributed by atoms with E-state index >= 15 is 0 Å². The third kappa shape index (κ3) is 7.45. The Balaban J connectivity index is 0.00000153. The summed E-state index contributed by atoms with van der Waals surface area (Å²) in [5.41, 5.74) is 3.09. The molecule has 198 valence electrons. The number of aromatic nitrogens is 3. The molecular weight excluding hydrogens is 489 g/mol. The number of carbonyl (C=O) groups is 1. The van der Waals surface area contributed by atoms with Crippen molar-refractivity contribution in [2.45, 2.75) is 45.2 Å². The third-order valence-electron chi connectivity index (χ3n) is 5.31. The Morgan fingerprint density at radius 2 is 1.86 bits per heavy atom. The molecule has 0 spiro atoms. The highest BCUT2D eigenvalue weighted by Gasteiger charge is 2.21. The number of nitrogens with one attached hydrogen (secondary N) is 1. The molecule has 2 heterocycles. The quantitative estimate of drug-likeness (QED) is 0.390. The maximum absolute atomic E-state index is 13.3. The zero-order chi connectivity index (χ0) is 27.7. The van der Waals surface area contributed by atoms with E-state index in [9.17, 15) is 13.4 Å². The van der Waals surface area contributed by atoms with Gasteiger partial charge in [0.2, 0.25) is 0 Å². The first-order chi connectivity index (χ1) is 17.6. The van der Waals surface area contributed by atoms with Crippen LogP contribution in [0.15, 0.2) is 60.3 Å². The molecular formula is C28H36FN5O2S. The van der Waals surface area contributed by atoms with Gasteiger partial charge in [0.15, 0.2) is 0 Å². The van der Waals surface area contributed by atoms with Crippen LogP contribution < -0.4 is 10.2 Å². The van der Waals surface area contributed by atoms with E-state index in [0.29, 0.717) is 33.4 Å². The van der Waals surface area contributed by atoms with Gasteiger partial charge in [0, 0.05) is 31.5 Å². The van der Waals surface area contributed by atoms with Crippen LogP contribution in [0.5, 0.6) is 0 Å². The largest absolute Gasteiger partial charge is 0.363 e. The summed E-state index contributed by atoms with van der Waals surface area (Å²) in [4.78, 5) is 19.5. The van der Waals surface area contributed by atoms with Crippen LogP contribution in [0.1, 0.15) is 57.0 Å². The van der Waals surface area contributed by atoms with E-state index in [1.54, 1.807) is 54.4 Å². The van der Waals surface area contributed by atoms with Gasteiger partial charge < -0.3 is 10.2 Å². The summed E-state index contributed by atoms with van der Waals surface area (Å²) in [5.74, 6) is 0.0195. The van der Waals surface area contributed by atoms with Crippen molar-refractivity contribution in [3.05, 3.63) is 77.9 Å². The normalized spacial score (nSPS) is 12.7. The van der Waals surface area contributed by atoms with Gasteiger partial charge in [0.05, 0.1) is 34.4 Å². The van der Waals surface area contributed by atoms with Gasteiger partial charge in [-0.25, -0.2) is 14.1 Å². The Labute approximate surface area is 221 Å². The highest BCUT2D eigenvalue weighted by molar-refractivity contribution is 7.84. The molecule has 0 aliphatic heterocycles. The summed E-state index contributed by atoms with van der Waals surface area (Å²) in [6.07, 6.45) is 7.74. The first kappa shape index (κ1) is 29.6. The minimum Gasteiger partial charge on any atom is -0.363 e. The highest BCUT2D eigenvalue weighted by atomic mass is 32.2. The van der Waals surface area contributed by atoms with Gasteiger partial charge in [0.1, 0.15) is 16.7 Å². The number of nitrogens with zero attached hydrogens (tertiary/aromatic N) is 4. The molecule has 0 aliphatic rings. The van der Waals surface area contributed by atoms with Crippen molar-refractivity contribution < 1.29 is 13.4 Å². The van der Waals surface area contributed by atoms with E-state index in [0.717, 1.165) is 5.56 Å². The molecule has 0 radical (unpaired) electrons. The zero-order valence-electron chi connectivity index (χ0n) is 22.6. The van der Waals surface area contributed by atoms with Crippen LogP contribution in [0.4, 0.5) is 10.2 Å². The summed E-state index contributed by atoms with van der Waals surface area (Å²) in [6, 6.07) is 9.15. The fraction of sp³-hybridized carbons (Fsp3) is 0.321. The molecule has 7 nitrogen and oxygen atoms in total. The van der Waals surface area contributed by atoms with Crippen LogP contribution in [-0.2, 0) is 15.6 Å². The van der Waals surface area contributed by atoms with Crippen molar-refractivity contribution >= 4 is 34.2 Å². The summed E-state index contributed by atoms with van der Waals surface area (Å²) in [6.45, 7) is 11.8. The van der Waals surface area contributed by atoms with E-state index in [-0.39, 0.29) is 17.8 Å². The fourth-order valence-electron chi connectivity index (χ4n) is 3.45. The smallest absolute Gasteiger partial charge is 0.252 e. The molecule has 3 rings (SSSR count). The summed E-state index contributed by atoms with van der Waals surface area (Å²) < 4.78 is 27.0. The predicted molar refractivity (Wildman–Crippen MR) is 151 cm³/mol. The van der Waals surface area contributed by atoms with E-state index in [1.165, 1.54) is 18.6 Å². The second kappa shape index (κ2) is 13.6.